The molecule has 1 aromatic heterocycles. The molecule has 4 nitrogen and oxygen atoms in total. The average Bonchev–Trinajstić information content (AvgIpc) is 2.69. The van der Waals surface area contributed by atoms with Crippen molar-refractivity contribution >= 4 is 12.0 Å². The van der Waals surface area contributed by atoms with Crippen molar-refractivity contribution in [1.29, 1.82) is 0 Å². The van der Waals surface area contributed by atoms with Crippen LogP contribution in [0.3, 0.4) is 0 Å². The van der Waals surface area contributed by atoms with Crippen LogP contribution in [0.15, 0.2) is 22.6 Å². The van der Waals surface area contributed by atoms with Gasteiger partial charge in [-0.05, 0) is 32.1 Å². The molecule has 1 amide bonds. The molecule has 0 aliphatic carbocycles. The Hall–Kier alpha value is -1.55. The van der Waals surface area contributed by atoms with Gasteiger partial charge in [-0.15, -0.1) is 0 Å². The predicted octanol–water partition coefficient (Wildman–Crippen LogP) is 1.44. The number of aliphatic hydroxyl groups excluding tert-OH is 1. The van der Waals surface area contributed by atoms with Crippen molar-refractivity contribution in [2.45, 2.75) is 19.9 Å². The summed E-state index contributed by atoms with van der Waals surface area (Å²) in [7, 11) is 1.65. The number of likely N-dealkylation sites (N-methyl/N-ethyl adjacent to an activating group) is 1. The topological polar surface area (TPSA) is 53.7 Å². The maximum absolute atomic E-state index is 11.6. The van der Waals surface area contributed by atoms with Crippen LogP contribution in [-0.4, -0.2) is 35.6 Å². The van der Waals surface area contributed by atoms with Gasteiger partial charge in [0.25, 0.3) is 0 Å². The zero-order valence-corrected chi connectivity index (χ0v) is 9.80. The molecule has 1 N–H and O–H groups in total. The molecular formula is C12H17NO3. The van der Waals surface area contributed by atoms with Gasteiger partial charge in [-0.25, -0.2) is 0 Å². The summed E-state index contributed by atoms with van der Waals surface area (Å²) in [6.45, 7) is 3.58. The highest BCUT2D eigenvalue weighted by molar-refractivity contribution is 5.91. The Bertz CT molecular complexity index is 381. The zero-order valence-electron chi connectivity index (χ0n) is 9.80. The molecule has 0 aromatic carbocycles. The van der Waals surface area contributed by atoms with E-state index in [2.05, 4.69) is 0 Å². The van der Waals surface area contributed by atoms with Crippen LogP contribution in [-0.2, 0) is 4.79 Å². The molecule has 1 atom stereocenters. The van der Waals surface area contributed by atoms with Gasteiger partial charge in [0.1, 0.15) is 11.5 Å². The number of hydrogen-bond donors (Lipinski definition) is 1. The van der Waals surface area contributed by atoms with Crippen molar-refractivity contribution < 1.29 is 14.3 Å². The number of amides is 1. The molecule has 0 aliphatic rings. The number of carbonyl (C=O) groups is 1. The van der Waals surface area contributed by atoms with Gasteiger partial charge in [0.2, 0.25) is 5.91 Å². The van der Waals surface area contributed by atoms with Gasteiger partial charge in [-0.2, -0.15) is 0 Å². The van der Waals surface area contributed by atoms with Crippen LogP contribution in [0.2, 0.25) is 0 Å². The average molecular weight is 223 g/mol. The summed E-state index contributed by atoms with van der Waals surface area (Å²) in [4.78, 5) is 13.1. The van der Waals surface area contributed by atoms with E-state index in [1.807, 2.05) is 13.0 Å². The predicted molar refractivity (Wildman–Crippen MR) is 61.8 cm³/mol. The largest absolute Gasteiger partial charge is 0.462 e. The minimum absolute atomic E-state index is 0.0457. The lowest BCUT2D eigenvalue weighted by Crippen LogP contribution is -2.36. The van der Waals surface area contributed by atoms with E-state index < -0.39 is 0 Å². The second-order valence-corrected chi connectivity index (χ2v) is 3.76. The van der Waals surface area contributed by atoms with Gasteiger partial charge in [-0.3, -0.25) is 4.79 Å². The first-order chi connectivity index (χ1) is 7.54. The fourth-order valence-electron chi connectivity index (χ4n) is 1.15. The second-order valence-electron chi connectivity index (χ2n) is 3.76. The Kier molecular flexibility index (Phi) is 4.31. The van der Waals surface area contributed by atoms with Gasteiger partial charge >= 0.3 is 0 Å². The summed E-state index contributed by atoms with van der Waals surface area (Å²) in [6, 6.07) is 3.45. The minimum Gasteiger partial charge on any atom is -0.462 e. The van der Waals surface area contributed by atoms with Gasteiger partial charge in [0.15, 0.2) is 0 Å². The maximum Gasteiger partial charge on any atom is 0.246 e. The van der Waals surface area contributed by atoms with Crippen molar-refractivity contribution in [3.8, 4) is 0 Å². The Labute approximate surface area is 95.2 Å². The molecule has 0 saturated carbocycles. The number of rotatable bonds is 4. The lowest BCUT2D eigenvalue weighted by Gasteiger charge is -2.21. The van der Waals surface area contributed by atoms with E-state index in [1.165, 1.54) is 11.0 Å². The van der Waals surface area contributed by atoms with Crippen molar-refractivity contribution in [3.63, 3.8) is 0 Å². The van der Waals surface area contributed by atoms with Crippen LogP contribution < -0.4 is 0 Å². The van der Waals surface area contributed by atoms with Crippen LogP contribution in [0.25, 0.3) is 6.08 Å². The number of nitrogens with zero attached hydrogens (tertiary/aromatic N) is 1. The molecule has 1 heterocycles. The van der Waals surface area contributed by atoms with Gasteiger partial charge in [0.05, 0.1) is 12.6 Å². The Balaban J connectivity index is 2.60. The molecular weight excluding hydrogens is 206 g/mol. The quantitative estimate of drug-likeness (QED) is 0.786. The first-order valence-corrected chi connectivity index (χ1v) is 5.16. The van der Waals surface area contributed by atoms with E-state index in [1.54, 1.807) is 26.1 Å². The molecule has 0 spiro atoms. The number of aryl methyl sites for hydroxylation is 1. The number of carbonyl (C=O) groups excluding carboxylic acids is 1. The standard InChI is InChI=1S/C12H17NO3/c1-9(8-14)13(3)12(15)7-6-11-5-4-10(2)16-11/h4-7,9,14H,8H2,1-3H3/b7-6+. The smallest absolute Gasteiger partial charge is 0.246 e. The normalized spacial score (nSPS) is 13.0. The number of furan rings is 1. The fraction of sp³-hybridized carbons (Fsp3) is 0.417. The molecule has 1 aromatic rings. The third-order valence-electron chi connectivity index (χ3n) is 2.42. The first-order valence-electron chi connectivity index (χ1n) is 5.16. The Morgan fingerprint density at radius 2 is 2.31 bits per heavy atom. The molecule has 0 bridgehead atoms. The van der Waals surface area contributed by atoms with Gasteiger partial charge < -0.3 is 14.4 Å². The molecule has 0 radical (unpaired) electrons. The molecule has 1 rings (SSSR count). The maximum atomic E-state index is 11.6. The first kappa shape index (κ1) is 12.5. The fourth-order valence-corrected chi connectivity index (χ4v) is 1.15. The lowest BCUT2D eigenvalue weighted by atomic mass is 10.3. The van der Waals surface area contributed by atoms with Crippen LogP contribution in [0.4, 0.5) is 0 Å². The van der Waals surface area contributed by atoms with E-state index >= 15 is 0 Å². The molecule has 0 aliphatic heterocycles. The van der Waals surface area contributed by atoms with Crippen molar-refractivity contribution in [2.75, 3.05) is 13.7 Å². The summed E-state index contributed by atoms with van der Waals surface area (Å²) in [5, 5.41) is 8.91. The molecule has 0 saturated heterocycles. The molecule has 4 heteroatoms. The Morgan fingerprint density at radius 1 is 1.62 bits per heavy atom. The highest BCUT2D eigenvalue weighted by Crippen LogP contribution is 2.08. The highest BCUT2D eigenvalue weighted by atomic mass is 16.3. The lowest BCUT2D eigenvalue weighted by molar-refractivity contribution is -0.127. The number of hydrogen-bond acceptors (Lipinski definition) is 3. The van der Waals surface area contributed by atoms with Gasteiger partial charge in [-0.1, -0.05) is 0 Å². The molecule has 1 unspecified atom stereocenters. The van der Waals surface area contributed by atoms with E-state index in [9.17, 15) is 4.79 Å². The summed E-state index contributed by atoms with van der Waals surface area (Å²) in [5.74, 6) is 1.30. The highest BCUT2D eigenvalue weighted by Gasteiger charge is 2.11. The summed E-state index contributed by atoms with van der Waals surface area (Å²) >= 11 is 0. The monoisotopic (exact) mass is 223 g/mol. The molecule has 16 heavy (non-hydrogen) atoms. The van der Waals surface area contributed by atoms with Crippen LogP contribution >= 0.6 is 0 Å². The van der Waals surface area contributed by atoms with Crippen molar-refractivity contribution in [3.05, 3.63) is 29.7 Å². The van der Waals surface area contributed by atoms with E-state index in [0.29, 0.717) is 5.76 Å². The van der Waals surface area contributed by atoms with E-state index in [0.717, 1.165) is 5.76 Å². The Morgan fingerprint density at radius 3 is 2.81 bits per heavy atom. The molecule has 0 fully saturated rings. The van der Waals surface area contributed by atoms with Crippen LogP contribution in [0.1, 0.15) is 18.4 Å². The van der Waals surface area contributed by atoms with Crippen LogP contribution in [0.5, 0.6) is 0 Å². The van der Waals surface area contributed by atoms with E-state index in [-0.39, 0.29) is 18.6 Å². The second kappa shape index (κ2) is 5.51. The SMILES string of the molecule is Cc1ccc(/C=C/C(=O)N(C)C(C)CO)o1. The third kappa shape index (κ3) is 3.24. The van der Waals surface area contributed by atoms with Crippen molar-refractivity contribution in [1.82, 2.24) is 4.90 Å². The summed E-state index contributed by atoms with van der Waals surface area (Å²) in [5.41, 5.74) is 0. The summed E-state index contributed by atoms with van der Waals surface area (Å²) in [6.07, 6.45) is 3.06. The third-order valence-corrected chi connectivity index (χ3v) is 2.42. The van der Waals surface area contributed by atoms with Crippen molar-refractivity contribution in [2.24, 2.45) is 0 Å². The van der Waals surface area contributed by atoms with Crippen LogP contribution in [0, 0.1) is 6.92 Å². The van der Waals surface area contributed by atoms with Gasteiger partial charge in [0, 0.05) is 13.1 Å². The summed E-state index contributed by atoms with van der Waals surface area (Å²) < 4.78 is 5.29. The number of aliphatic hydroxyl groups is 1. The minimum atomic E-state index is -0.185. The van der Waals surface area contributed by atoms with E-state index in [4.69, 9.17) is 9.52 Å². The molecule has 88 valence electrons. The zero-order chi connectivity index (χ0) is 12.1.